The topological polar surface area (TPSA) is 61.8 Å². The zero-order chi connectivity index (χ0) is 25.9. The molecule has 5 nitrogen and oxygen atoms in total. The van der Waals surface area contributed by atoms with E-state index < -0.39 is 8.32 Å². The first-order chi connectivity index (χ1) is 16.7. The SMILES string of the molecule is C=C(CCCO[Si](c1ccccc1)(c1ccccc1)C(C)(C)C)[C@@H](CCC(=O)OC)CC(=O)OC. The van der Waals surface area contributed by atoms with E-state index in [0.717, 1.165) is 12.0 Å². The van der Waals surface area contributed by atoms with Gasteiger partial charge in [-0.15, -0.1) is 0 Å². The molecule has 6 heteroatoms. The standard InChI is InChI=1S/C29H40O5Si/c1-23(24(22-28(31)33-6)19-20-27(30)32-5)14-13-21-34-35(29(2,3)4,25-15-9-7-10-16-25)26-17-11-8-12-18-26/h7-12,15-18,24H,1,13-14,19-22H2,2-6H3/t24-/m0/s1. The zero-order valence-electron chi connectivity index (χ0n) is 21.8. The van der Waals surface area contributed by atoms with E-state index in [2.05, 4.69) is 75.9 Å². The Kier molecular flexibility index (Phi) is 10.9. The molecule has 35 heavy (non-hydrogen) atoms. The molecular formula is C29H40O5Si. The molecule has 0 fully saturated rings. The van der Waals surface area contributed by atoms with Gasteiger partial charge in [-0.3, -0.25) is 9.59 Å². The summed E-state index contributed by atoms with van der Waals surface area (Å²) in [5.74, 6) is -0.721. The molecule has 0 spiro atoms. The molecule has 190 valence electrons. The third kappa shape index (κ3) is 7.64. The van der Waals surface area contributed by atoms with Crippen molar-refractivity contribution in [3.63, 3.8) is 0 Å². The lowest BCUT2D eigenvalue weighted by atomic mass is 9.89. The van der Waals surface area contributed by atoms with Gasteiger partial charge in [0.05, 0.1) is 20.6 Å². The van der Waals surface area contributed by atoms with Gasteiger partial charge in [0.1, 0.15) is 0 Å². The molecule has 0 bridgehead atoms. The van der Waals surface area contributed by atoms with Crippen molar-refractivity contribution in [1.29, 1.82) is 0 Å². The van der Waals surface area contributed by atoms with Crippen LogP contribution in [0, 0.1) is 5.92 Å². The molecule has 0 saturated carbocycles. The fraction of sp³-hybridized carbons (Fsp3) is 0.448. The minimum absolute atomic E-state index is 0.0827. The summed E-state index contributed by atoms with van der Waals surface area (Å²) in [5, 5.41) is 2.42. The van der Waals surface area contributed by atoms with Crippen LogP contribution in [0.4, 0.5) is 0 Å². The molecule has 0 radical (unpaired) electrons. The quantitative estimate of drug-likeness (QED) is 0.168. The van der Waals surface area contributed by atoms with Gasteiger partial charge in [-0.2, -0.15) is 0 Å². The van der Waals surface area contributed by atoms with E-state index in [1.807, 2.05) is 12.1 Å². The summed E-state index contributed by atoms with van der Waals surface area (Å²) in [7, 11) is 0.164. The smallest absolute Gasteiger partial charge is 0.306 e. The van der Waals surface area contributed by atoms with Crippen LogP contribution in [0.1, 0.15) is 52.9 Å². The summed E-state index contributed by atoms with van der Waals surface area (Å²) in [4.78, 5) is 23.6. The van der Waals surface area contributed by atoms with Crippen molar-refractivity contribution in [2.75, 3.05) is 20.8 Å². The largest absolute Gasteiger partial charge is 0.469 e. The van der Waals surface area contributed by atoms with Crippen LogP contribution in [-0.4, -0.2) is 41.1 Å². The van der Waals surface area contributed by atoms with Crippen molar-refractivity contribution >= 4 is 30.6 Å². The molecule has 2 aromatic carbocycles. The van der Waals surface area contributed by atoms with E-state index in [0.29, 0.717) is 19.4 Å². The summed E-state index contributed by atoms with van der Waals surface area (Å²) in [6, 6.07) is 21.1. The van der Waals surface area contributed by atoms with E-state index in [1.165, 1.54) is 24.6 Å². The number of benzene rings is 2. The van der Waals surface area contributed by atoms with E-state index >= 15 is 0 Å². The second kappa shape index (κ2) is 13.4. The van der Waals surface area contributed by atoms with Crippen molar-refractivity contribution in [3.8, 4) is 0 Å². The average molecular weight is 497 g/mol. The van der Waals surface area contributed by atoms with Crippen molar-refractivity contribution in [3.05, 3.63) is 72.8 Å². The van der Waals surface area contributed by atoms with Gasteiger partial charge in [0.25, 0.3) is 8.32 Å². The first-order valence-electron chi connectivity index (χ1n) is 12.2. The summed E-state index contributed by atoms with van der Waals surface area (Å²) in [6.45, 7) is 11.6. The molecule has 0 heterocycles. The number of carbonyl (C=O) groups is 2. The fourth-order valence-electron chi connectivity index (χ4n) is 4.62. The molecule has 0 aromatic heterocycles. The number of ether oxygens (including phenoxy) is 2. The fourth-order valence-corrected chi connectivity index (χ4v) is 9.23. The number of allylic oxidation sites excluding steroid dienone is 1. The molecule has 2 aromatic rings. The normalized spacial score (nSPS) is 12.6. The Morgan fingerprint density at radius 3 is 1.83 bits per heavy atom. The maximum atomic E-state index is 11.9. The molecule has 0 unspecified atom stereocenters. The molecule has 2 rings (SSSR count). The summed E-state index contributed by atoms with van der Waals surface area (Å²) in [6.07, 6.45) is 2.45. The number of carbonyl (C=O) groups excluding carboxylic acids is 2. The van der Waals surface area contributed by atoms with Crippen LogP contribution < -0.4 is 10.4 Å². The Labute approximate surface area is 211 Å². The molecule has 0 N–H and O–H groups in total. The molecule has 0 saturated heterocycles. The third-order valence-electron chi connectivity index (χ3n) is 6.52. The number of methoxy groups -OCH3 is 2. The maximum absolute atomic E-state index is 11.9. The van der Waals surface area contributed by atoms with Crippen LogP contribution >= 0.6 is 0 Å². The molecule has 0 amide bonds. The minimum Gasteiger partial charge on any atom is -0.469 e. The van der Waals surface area contributed by atoms with Crippen LogP contribution in [0.3, 0.4) is 0 Å². The van der Waals surface area contributed by atoms with Crippen LogP contribution in [0.2, 0.25) is 5.04 Å². The van der Waals surface area contributed by atoms with Gasteiger partial charge in [0, 0.05) is 13.0 Å². The van der Waals surface area contributed by atoms with Gasteiger partial charge < -0.3 is 13.9 Å². The van der Waals surface area contributed by atoms with Gasteiger partial charge in [-0.05, 0) is 40.6 Å². The average Bonchev–Trinajstić information content (AvgIpc) is 2.86. The minimum atomic E-state index is -2.58. The lowest BCUT2D eigenvalue weighted by Crippen LogP contribution is -2.66. The van der Waals surface area contributed by atoms with Gasteiger partial charge in [0.2, 0.25) is 0 Å². The van der Waals surface area contributed by atoms with Crippen LogP contribution in [0.5, 0.6) is 0 Å². The van der Waals surface area contributed by atoms with E-state index in [1.54, 1.807) is 0 Å². The maximum Gasteiger partial charge on any atom is 0.306 e. The molecule has 0 aliphatic rings. The first-order valence-corrected chi connectivity index (χ1v) is 14.1. The van der Waals surface area contributed by atoms with Crippen LogP contribution in [-0.2, 0) is 23.5 Å². The molecule has 0 aliphatic carbocycles. The highest BCUT2D eigenvalue weighted by Crippen LogP contribution is 2.37. The van der Waals surface area contributed by atoms with Crippen molar-refractivity contribution in [2.24, 2.45) is 5.92 Å². The number of hydrogen-bond acceptors (Lipinski definition) is 5. The first kappa shape index (κ1) is 28.5. The lowest BCUT2D eigenvalue weighted by molar-refractivity contribution is -0.143. The van der Waals surface area contributed by atoms with Gasteiger partial charge in [0.15, 0.2) is 0 Å². The van der Waals surface area contributed by atoms with Crippen LogP contribution in [0.15, 0.2) is 72.8 Å². The number of esters is 2. The van der Waals surface area contributed by atoms with Gasteiger partial charge in [-0.1, -0.05) is 93.6 Å². The Morgan fingerprint density at radius 1 is 0.857 bits per heavy atom. The highest BCUT2D eigenvalue weighted by molar-refractivity contribution is 6.99. The highest BCUT2D eigenvalue weighted by atomic mass is 28.4. The summed E-state index contributed by atoms with van der Waals surface area (Å²) >= 11 is 0. The summed E-state index contributed by atoms with van der Waals surface area (Å²) < 4.78 is 16.6. The number of rotatable bonds is 13. The Hall–Kier alpha value is -2.70. The van der Waals surface area contributed by atoms with E-state index in [9.17, 15) is 9.59 Å². The van der Waals surface area contributed by atoms with Crippen molar-refractivity contribution < 1.29 is 23.5 Å². The molecule has 1 atom stereocenters. The van der Waals surface area contributed by atoms with E-state index in [-0.39, 0.29) is 35.7 Å². The monoisotopic (exact) mass is 496 g/mol. The van der Waals surface area contributed by atoms with Crippen LogP contribution in [0.25, 0.3) is 0 Å². The molecule has 0 aliphatic heterocycles. The second-order valence-corrected chi connectivity index (χ2v) is 14.2. The van der Waals surface area contributed by atoms with Crippen molar-refractivity contribution in [2.45, 2.75) is 57.9 Å². The lowest BCUT2D eigenvalue weighted by Gasteiger charge is -2.43. The Balaban J connectivity index is 2.17. The van der Waals surface area contributed by atoms with Crippen molar-refractivity contribution in [1.82, 2.24) is 0 Å². The predicted octanol–water partition coefficient (Wildman–Crippen LogP) is 5.03. The van der Waals surface area contributed by atoms with E-state index in [4.69, 9.17) is 13.9 Å². The predicted molar refractivity (Wildman–Crippen MR) is 143 cm³/mol. The Morgan fingerprint density at radius 2 is 1.37 bits per heavy atom. The Bertz CT molecular complexity index is 911. The zero-order valence-corrected chi connectivity index (χ0v) is 22.8. The number of hydrogen-bond donors (Lipinski definition) is 0. The van der Waals surface area contributed by atoms with Gasteiger partial charge >= 0.3 is 11.9 Å². The second-order valence-electron chi connectivity index (χ2n) is 9.87. The third-order valence-corrected chi connectivity index (χ3v) is 11.6. The van der Waals surface area contributed by atoms with Gasteiger partial charge in [-0.25, -0.2) is 0 Å². The highest BCUT2D eigenvalue weighted by Gasteiger charge is 2.49. The molecular weight excluding hydrogens is 456 g/mol. The summed E-state index contributed by atoms with van der Waals surface area (Å²) in [5.41, 5.74) is 0.936.